The highest BCUT2D eigenvalue weighted by Crippen LogP contribution is 2.28. The minimum absolute atomic E-state index is 0.0153. The van der Waals surface area contributed by atoms with Crippen LogP contribution < -0.4 is 16.0 Å². The van der Waals surface area contributed by atoms with E-state index in [-0.39, 0.29) is 53.3 Å². The average molecular weight is 692 g/mol. The van der Waals surface area contributed by atoms with Crippen LogP contribution in [0.1, 0.15) is 58.4 Å². The summed E-state index contributed by atoms with van der Waals surface area (Å²) in [6.45, 7) is 7.02. The van der Waals surface area contributed by atoms with Gasteiger partial charge in [0, 0.05) is 56.8 Å². The lowest BCUT2D eigenvalue weighted by molar-refractivity contribution is -0.144. The molecule has 2 aliphatic rings. The fourth-order valence-electron chi connectivity index (χ4n) is 7.05. The Bertz CT molecular complexity index is 1410. The topological polar surface area (TPSA) is 128 Å². The molecule has 0 bridgehead atoms. The van der Waals surface area contributed by atoms with Gasteiger partial charge in [-0.25, -0.2) is 0 Å². The number of carbonyl (C=O) groups is 5. The van der Waals surface area contributed by atoms with Crippen molar-refractivity contribution in [1.82, 2.24) is 25.8 Å². The molecule has 2 heterocycles. The Kier molecular flexibility index (Phi) is 14.5. The van der Waals surface area contributed by atoms with Crippen LogP contribution in [0.4, 0.5) is 0 Å². The summed E-state index contributed by atoms with van der Waals surface area (Å²) in [6.07, 6.45) is 3.88. The molecule has 10 nitrogen and oxygen atoms in total. The quantitative estimate of drug-likeness (QED) is 0.258. The molecule has 0 saturated carbocycles. The molecule has 0 aliphatic carbocycles. The number of carbonyl (C=O) groups excluding carboxylic acids is 5. The number of hydrogen-bond acceptors (Lipinski definition) is 6. The first kappa shape index (κ1) is 38.0. The van der Waals surface area contributed by atoms with E-state index in [0.717, 1.165) is 16.9 Å². The average Bonchev–Trinajstić information content (AvgIpc) is 3.14. The molecule has 2 aliphatic heterocycles. The molecule has 0 radical (unpaired) electrons. The maximum Gasteiger partial charge on any atom is 0.228 e. The van der Waals surface area contributed by atoms with E-state index in [1.807, 2.05) is 79.4 Å². The van der Waals surface area contributed by atoms with Gasteiger partial charge in [0.25, 0.3) is 0 Å². The molecule has 0 aromatic heterocycles. The van der Waals surface area contributed by atoms with E-state index in [9.17, 15) is 24.0 Å². The van der Waals surface area contributed by atoms with Gasteiger partial charge in [0.2, 0.25) is 29.5 Å². The monoisotopic (exact) mass is 691 g/mol. The molecule has 11 heteroatoms. The van der Waals surface area contributed by atoms with E-state index in [4.69, 9.17) is 0 Å². The number of benzene rings is 2. The maximum absolute atomic E-state index is 14.4. The molecule has 6 atom stereocenters. The fraction of sp³-hybridized carbons (Fsp3) is 0.553. The number of rotatable bonds is 14. The molecule has 2 aromatic carbocycles. The van der Waals surface area contributed by atoms with Crippen LogP contribution >= 0.6 is 11.8 Å². The van der Waals surface area contributed by atoms with Gasteiger partial charge in [0.05, 0.1) is 29.7 Å². The third kappa shape index (κ3) is 10.8. The Hall–Kier alpha value is -3.86. The largest absolute Gasteiger partial charge is 0.359 e. The van der Waals surface area contributed by atoms with Gasteiger partial charge in [-0.15, -0.1) is 11.8 Å². The van der Waals surface area contributed by atoms with Crippen molar-refractivity contribution in [3.63, 3.8) is 0 Å². The van der Waals surface area contributed by atoms with Crippen molar-refractivity contribution in [3.8, 4) is 0 Å². The number of piperidine rings is 2. The van der Waals surface area contributed by atoms with E-state index in [1.165, 1.54) is 6.92 Å². The van der Waals surface area contributed by atoms with Crippen LogP contribution in [0.15, 0.2) is 65.6 Å². The van der Waals surface area contributed by atoms with Crippen molar-refractivity contribution >= 4 is 41.3 Å². The molecule has 4 rings (SSSR count). The Labute approximate surface area is 295 Å². The van der Waals surface area contributed by atoms with Crippen LogP contribution in [0, 0.1) is 23.7 Å². The number of nitrogens with zero attached hydrogens (tertiary/aromatic N) is 2. The molecule has 2 saturated heterocycles. The van der Waals surface area contributed by atoms with Gasteiger partial charge in [-0.3, -0.25) is 24.0 Å². The van der Waals surface area contributed by atoms with Crippen LogP contribution in [0.3, 0.4) is 0 Å². The zero-order chi connectivity index (χ0) is 35.3. The van der Waals surface area contributed by atoms with E-state index < -0.39 is 12.0 Å². The minimum atomic E-state index is -0.511. The van der Waals surface area contributed by atoms with Crippen LogP contribution in [0.2, 0.25) is 0 Å². The van der Waals surface area contributed by atoms with Gasteiger partial charge in [-0.1, -0.05) is 62.4 Å². The second kappa shape index (κ2) is 18.8. The molecule has 2 aromatic rings. The molecule has 49 heavy (non-hydrogen) atoms. The summed E-state index contributed by atoms with van der Waals surface area (Å²) in [5, 5.41) is 8.81. The Morgan fingerprint density at radius 2 is 1.45 bits per heavy atom. The van der Waals surface area contributed by atoms with Gasteiger partial charge in [0.15, 0.2) is 0 Å². The van der Waals surface area contributed by atoms with Crippen LogP contribution in [-0.2, 0) is 30.4 Å². The van der Waals surface area contributed by atoms with Crippen LogP contribution in [-0.4, -0.2) is 90.4 Å². The summed E-state index contributed by atoms with van der Waals surface area (Å²) in [6, 6.07) is 19.1. The number of nitrogens with one attached hydrogen (secondary N) is 3. The van der Waals surface area contributed by atoms with Gasteiger partial charge >= 0.3 is 0 Å². The molecular formula is C38H53N5O5S. The lowest BCUT2D eigenvalue weighted by Crippen LogP contribution is -2.55. The summed E-state index contributed by atoms with van der Waals surface area (Å²) >= 11 is 1.61. The Morgan fingerprint density at radius 1 is 0.837 bits per heavy atom. The summed E-state index contributed by atoms with van der Waals surface area (Å²) in [5.74, 6) is -1.54. The highest BCUT2D eigenvalue weighted by atomic mass is 32.2. The van der Waals surface area contributed by atoms with Gasteiger partial charge in [-0.05, 0) is 56.2 Å². The first-order chi connectivity index (χ1) is 23.6. The van der Waals surface area contributed by atoms with E-state index in [2.05, 4.69) is 16.0 Å². The highest BCUT2D eigenvalue weighted by Gasteiger charge is 2.39. The molecule has 0 spiro atoms. The summed E-state index contributed by atoms with van der Waals surface area (Å²) in [5.41, 5.74) is 1.01. The number of thioether (sulfide) groups is 1. The number of amides is 5. The van der Waals surface area contributed by atoms with Crippen LogP contribution in [0.25, 0.3) is 0 Å². The van der Waals surface area contributed by atoms with Crippen molar-refractivity contribution < 1.29 is 24.0 Å². The van der Waals surface area contributed by atoms with Crippen LogP contribution in [0.5, 0.6) is 0 Å². The third-order valence-electron chi connectivity index (χ3n) is 9.88. The summed E-state index contributed by atoms with van der Waals surface area (Å²) in [4.78, 5) is 71.0. The Balaban J connectivity index is 1.45. The lowest BCUT2D eigenvalue weighted by atomic mass is 9.88. The van der Waals surface area contributed by atoms with Gasteiger partial charge < -0.3 is 25.8 Å². The molecule has 0 unspecified atom stereocenters. The molecule has 3 N–H and O–H groups in total. The van der Waals surface area contributed by atoms with E-state index >= 15 is 0 Å². The summed E-state index contributed by atoms with van der Waals surface area (Å²) < 4.78 is 0. The van der Waals surface area contributed by atoms with Crippen molar-refractivity contribution in [3.05, 3.63) is 66.2 Å². The molecular weight excluding hydrogens is 639 g/mol. The number of hydrogen-bond donors (Lipinski definition) is 3. The lowest BCUT2D eigenvalue weighted by Gasteiger charge is -2.40. The SMILES string of the molecule is CC[C@@H](NC(=O)[C@H]1CCCN(C(=O)[C@H]2CCCN(C(=O)[C@@H](Cc3ccccc3)[C@@H](CSc3ccccc3)NC(C)=O)C2)C1)[C@H](C)C(=O)NC. The molecule has 2 fully saturated rings. The predicted molar refractivity (Wildman–Crippen MR) is 192 cm³/mol. The maximum atomic E-state index is 14.4. The van der Waals surface area contributed by atoms with Gasteiger partial charge in [0.1, 0.15) is 0 Å². The number of likely N-dealkylation sites (tertiary alicyclic amines) is 2. The fourth-order valence-corrected chi connectivity index (χ4v) is 8.08. The van der Waals surface area contributed by atoms with Crippen molar-refractivity contribution in [2.45, 2.75) is 76.3 Å². The van der Waals surface area contributed by atoms with E-state index in [0.29, 0.717) is 64.0 Å². The Morgan fingerprint density at radius 3 is 2.08 bits per heavy atom. The van der Waals surface area contributed by atoms with E-state index in [1.54, 1.807) is 23.7 Å². The highest BCUT2D eigenvalue weighted by molar-refractivity contribution is 7.99. The first-order valence-electron chi connectivity index (χ1n) is 17.7. The summed E-state index contributed by atoms with van der Waals surface area (Å²) in [7, 11) is 1.59. The zero-order valence-electron chi connectivity index (χ0n) is 29.4. The molecule has 5 amide bonds. The second-order valence-corrected chi connectivity index (χ2v) is 14.5. The second-order valence-electron chi connectivity index (χ2n) is 13.4. The van der Waals surface area contributed by atoms with Gasteiger partial charge in [-0.2, -0.15) is 0 Å². The smallest absolute Gasteiger partial charge is 0.228 e. The zero-order valence-corrected chi connectivity index (χ0v) is 30.2. The van der Waals surface area contributed by atoms with Crippen molar-refractivity contribution in [1.29, 1.82) is 0 Å². The predicted octanol–water partition coefficient (Wildman–Crippen LogP) is 3.90. The standard InChI is InChI=1S/C38H53N5O5S/c1-5-33(26(2)35(45)39-4)41-36(46)29-16-12-20-42(23-29)37(47)30-17-13-21-43(24-30)38(48)32(22-28-14-8-6-9-15-28)34(40-27(3)44)25-49-31-18-10-7-11-19-31/h6-11,14-15,18-19,26,29-30,32-34H,5,12-13,16-17,20-25H2,1-4H3,(H,39,45)(H,40,44)(H,41,46)/t26-,29-,30-,32-,33+,34+/m0/s1. The van der Waals surface area contributed by atoms with Crippen molar-refractivity contribution in [2.24, 2.45) is 23.7 Å². The third-order valence-corrected chi connectivity index (χ3v) is 11.0. The first-order valence-corrected chi connectivity index (χ1v) is 18.7. The minimum Gasteiger partial charge on any atom is -0.359 e. The normalized spacial score (nSPS) is 20.3. The molecule has 266 valence electrons. The van der Waals surface area contributed by atoms with Crippen molar-refractivity contribution in [2.75, 3.05) is 39.0 Å².